The number of amides is 2. The van der Waals surface area contributed by atoms with Gasteiger partial charge in [0.15, 0.2) is 0 Å². The summed E-state index contributed by atoms with van der Waals surface area (Å²) >= 11 is 0. The lowest BCUT2D eigenvalue weighted by molar-refractivity contribution is 0.0605. The zero-order chi connectivity index (χ0) is 23.8. The van der Waals surface area contributed by atoms with Gasteiger partial charge in [-0.1, -0.05) is 60.7 Å². The predicted molar refractivity (Wildman–Crippen MR) is 134 cm³/mol. The molecule has 3 aromatic rings. The highest BCUT2D eigenvalue weighted by Crippen LogP contribution is 2.23. The molecule has 3 aromatic carbocycles. The zero-order valence-electron chi connectivity index (χ0n) is 19.7. The topological polar surface area (TPSA) is 49.9 Å². The van der Waals surface area contributed by atoms with Crippen molar-refractivity contribution < 1.29 is 14.3 Å². The van der Waals surface area contributed by atoms with Crippen molar-refractivity contribution in [2.75, 3.05) is 26.7 Å². The van der Waals surface area contributed by atoms with Crippen molar-refractivity contribution in [1.29, 1.82) is 0 Å². The fraction of sp³-hybridized carbons (Fsp3) is 0.310. The van der Waals surface area contributed by atoms with Crippen molar-refractivity contribution in [1.82, 2.24) is 9.80 Å². The van der Waals surface area contributed by atoms with Crippen LogP contribution in [-0.2, 0) is 6.42 Å². The van der Waals surface area contributed by atoms with Gasteiger partial charge in [-0.3, -0.25) is 9.59 Å². The van der Waals surface area contributed by atoms with Crippen molar-refractivity contribution in [3.8, 4) is 5.75 Å². The zero-order valence-corrected chi connectivity index (χ0v) is 19.7. The van der Waals surface area contributed by atoms with E-state index in [1.165, 1.54) is 0 Å². The van der Waals surface area contributed by atoms with Crippen molar-refractivity contribution >= 4 is 11.8 Å². The Morgan fingerprint density at radius 3 is 2.26 bits per heavy atom. The van der Waals surface area contributed by atoms with Gasteiger partial charge in [-0.15, -0.1) is 0 Å². The van der Waals surface area contributed by atoms with Gasteiger partial charge in [-0.25, -0.2) is 0 Å². The molecule has 0 N–H and O–H groups in total. The molecular weight excluding hydrogens is 424 g/mol. The van der Waals surface area contributed by atoms with Gasteiger partial charge in [0.05, 0.1) is 11.6 Å². The van der Waals surface area contributed by atoms with Crippen LogP contribution >= 0.6 is 0 Å². The van der Waals surface area contributed by atoms with Crippen LogP contribution < -0.4 is 4.74 Å². The van der Waals surface area contributed by atoms with Crippen LogP contribution in [0.15, 0.2) is 84.9 Å². The molecule has 5 nitrogen and oxygen atoms in total. The lowest BCUT2D eigenvalue weighted by Gasteiger charge is -2.32. The normalized spacial score (nSPS) is 17.6. The number of para-hydroxylation sites is 1. The Labute approximate surface area is 202 Å². The predicted octanol–water partition coefficient (Wildman–Crippen LogP) is 5.08. The molecule has 5 heteroatoms. The first kappa shape index (κ1) is 23.6. The van der Waals surface area contributed by atoms with Gasteiger partial charge >= 0.3 is 0 Å². The second kappa shape index (κ2) is 11.5. The molecule has 0 aromatic heterocycles. The van der Waals surface area contributed by atoms with Crippen LogP contribution in [0.25, 0.3) is 0 Å². The number of hydrogen-bond acceptors (Lipinski definition) is 3. The standard InChI is InChI=1S/C29H32N2O3/c1-30-19-11-4-12-20-31(28(32)24-15-7-3-8-16-24)25(21-23-13-5-2-6-14-23)22-34-27-18-10-9-17-26(27)29(30)33/h2-3,5-10,13-18,25H,4,11-12,19-22H2,1H3/t25-/m1/s1. The molecule has 0 radical (unpaired) electrons. The molecule has 1 atom stereocenters. The highest BCUT2D eigenvalue weighted by molar-refractivity contribution is 5.97. The summed E-state index contributed by atoms with van der Waals surface area (Å²) in [5.41, 5.74) is 2.39. The van der Waals surface area contributed by atoms with Crippen LogP contribution in [0.5, 0.6) is 5.75 Å². The third-order valence-electron chi connectivity index (χ3n) is 6.32. The summed E-state index contributed by atoms with van der Waals surface area (Å²) in [5, 5.41) is 0. The average molecular weight is 457 g/mol. The van der Waals surface area contributed by atoms with Crippen LogP contribution in [-0.4, -0.2) is 54.4 Å². The number of rotatable bonds is 3. The van der Waals surface area contributed by atoms with Crippen LogP contribution in [0.3, 0.4) is 0 Å². The maximum absolute atomic E-state index is 13.6. The highest BCUT2D eigenvalue weighted by Gasteiger charge is 2.27. The third kappa shape index (κ3) is 5.84. The van der Waals surface area contributed by atoms with Gasteiger partial charge < -0.3 is 14.5 Å². The number of carbonyl (C=O) groups is 2. The highest BCUT2D eigenvalue weighted by atomic mass is 16.5. The molecule has 0 fully saturated rings. The first-order chi connectivity index (χ1) is 16.6. The Morgan fingerprint density at radius 1 is 0.853 bits per heavy atom. The minimum absolute atomic E-state index is 0.0153. The Hall–Kier alpha value is -3.60. The van der Waals surface area contributed by atoms with E-state index >= 15 is 0 Å². The molecule has 0 saturated heterocycles. The fourth-order valence-corrected chi connectivity index (χ4v) is 4.41. The molecule has 1 aliphatic rings. The Kier molecular flexibility index (Phi) is 7.97. The van der Waals surface area contributed by atoms with Gasteiger partial charge in [0, 0.05) is 25.7 Å². The molecule has 1 aliphatic heterocycles. The molecule has 0 spiro atoms. The van der Waals surface area contributed by atoms with E-state index in [2.05, 4.69) is 12.1 Å². The minimum Gasteiger partial charge on any atom is -0.491 e. The number of hydrogen-bond donors (Lipinski definition) is 0. The average Bonchev–Trinajstić information content (AvgIpc) is 2.89. The SMILES string of the molecule is CN1CCCCCN(C(=O)c2ccccc2)[C@H](Cc2ccccc2)COc2ccccc2C1=O. The molecule has 0 aliphatic carbocycles. The monoisotopic (exact) mass is 456 g/mol. The largest absolute Gasteiger partial charge is 0.491 e. The number of fused-ring (bicyclic) bond motifs is 1. The number of benzene rings is 3. The summed E-state index contributed by atoms with van der Waals surface area (Å²) in [6.07, 6.45) is 3.38. The number of ether oxygens (including phenoxy) is 1. The van der Waals surface area contributed by atoms with Crippen LogP contribution in [0.2, 0.25) is 0 Å². The lowest BCUT2D eigenvalue weighted by Crippen LogP contribution is -2.45. The second-order valence-electron chi connectivity index (χ2n) is 8.80. The van der Waals surface area contributed by atoms with Crippen molar-refractivity contribution in [2.24, 2.45) is 0 Å². The van der Waals surface area contributed by atoms with Gasteiger partial charge in [0.25, 0.3) is 11.8 Å². The fourth-order valence-electron chi connectivity index (χ4n) is 4.41. The van der Waals surface area contributed by atoms with E-state index in [4.69, 9.17) is 4.74 Å². The van der Waals surface area contributed by atoms with E-state index in [9.17, 15) is 9.59 Å². The Balaban J connectivity index is 1.68. The molecule has 176 valence electrons. The molecule has 0 unspecified atom stereocenters. The van der Waals surface area contributed by atoms with Crippen LogP contribution in [0, 0.1) is 0 Å². The molecule has 0 saturated carbocycles. The smallest absolute Gasteiger partial charge is 0.257 e. The molecule has 0 bridgehead atoms. The van der Waals surface area contributed by atoms with Gasteiger partial charge in [0.1, 0.15) is 12.4 Å². The minimum atomic E-state index is -0.170. The first-order valence-electron chi connectivity index (χ1n) is 12.0. The molecule has 34 heavy (non-hydrogen) atoms. The summed E-state index contributed by atoms with van der Waals surface area (Å²) < 4.78 is 6.28. The molecule has 4 rings (SSSR count). The van der Waals surface area contributed by atoms with Gasteiger partial charge in [-0.05, 0) is 55.5 Å². The summed E-state index contributed by atoms with van der Waals surface area (Å²) in [6, 6.07) is 26.9. The van der Waals surface area contributed by atoms with E-state index in [0.29, 0.717) is 43.0 Å². The quantitative estimate of drug-likeness (QED) is 0.553. The second-order valence-corrected chi connectivity index (χ2v) is 8.80. The Morgan fingerprint density at radius 2 is 1.50 bits per heavy atom. The van der Waals surface area contributed by atoms with E-state index in [-0.39, 0.29) is 17.9 Å². The van der Waals surface area contributed by atoms with Crippen molar-refractivity contribution in [2.45, 2.75) is 31.7 Å². The lowest BCUT2D eigenvalue weighted by atomic mass is 10.0. The maximum atomic E-state index is 13.6. The number of nitrogens with zero attached hydrogens (tertiary/aromatic N) is 2. The first-order valence-corrected chi connectivity index (χ1v) is 12.0. The molecular formula is C29H32N2O3. The maximum Gasteiger partial charge on any atom is 0.257 e. The summed E-state index contributed by atoms with van der Waals surface area (Å²) in [4.78, 5) is 30.4. The number of carbonyl (C=O) groups excluding carboxylic acids is 2. The van der Waals surface area contributed by atoms with Crippen molar-refractivity contribution in [3.05, 3.63) is 102 Å². The summed E-state index contributed by atoms with van der Waals surface area (Å²) in [7, 11) is 1.84. The Bertz CT molecular complexity index is 1080. The van der Waals surface area contributed by atoms with E-state index < -0.39 is 0 Å². The van der Waals surface area contributed by atoms with E-state index in [1.54, 1.807) is 4.90 Å². The summed E-state index contributed by atoms with van der Waals surface area (Å²) in [6.45, 7) is 1.63. The van der Waals surface area contributed by atoms with E-state index in [0.717, 1.165) is 24.8 Å². The van der Waals surface area contributed by atoms with E-state index in [1.807, 2.05) is 84.7 Å². The summed E-state index contributed by atoms with van der Waals surface area (Å²) in [5.74, 6) is 0.539. The van der Waals surface area contributed by atoms with Crippen LogP contribution in [0.1, 0.15) is 45.5 Å². The van der Waals surface area contributed by atoms with Crippen LogP contribution in [0.4, 0.5) is 0 Å². The molecule has 1 heterocycles. The van der Waals surface area contributed by atoms with Gasteiger partial charge in [0.2, 0.25) is 0 Å². The third-order valence-corrected chi connectivity index (χ3v) is 6.32. The molecule has 2 amide bonds. The van der Waals surface area contributed by atoms with Crippen molar-refractivity contribution in [3.63, 3.8) is 0 Å². The van der Waals surface area contributed by atoms with Gasteiger partial charge in [-0.2, -0.15) is 0 Å².